The van der Waals surface area contributed by atoms with Gasteiger partial charge in [0.15, 0.2) is 0 Å². The highest BCUT2D eigenvalue weighted by Crippen LogP contribution is 2.31. The number of amides is 1. The SMILES string of the molecule is COCCNC(=O)C1(n2ccnc2)CCN(Cc2cccnc2)CC1.O=CO. The molecule has 0 atom stereocenters. The third-order valence-corrected chi connectivity index (χ3v) is 4.83. The van der Waals surface area contributed by atoms with Crippen LogP contribution in [0, 0.1) is 0 Å². The number of nitrogens with one attached hydrogen (secondary N) is 1. The fraction of sp³-hybridized carbons (Fsp3) is 0.474. The summed E-state index contributed by atoms with van der Waals surface area (Å²) in [5, 5.41) is 9.89. The number of carboxylic acid groups (broad SMARTS) is 1. The molecule has 0 radical (unpaired) electrons. The molecule has 2 aromatic heterocycles. The van der Waals surface area contributed by atoms with Crippen molar-refractivity contribution in [1.29, 1.82) is 0 Å². The maximum absolute atomic E-state index is 12.9. The number of aromatic nitrogens is 3. The predicted molar refractivity (Wildman–Crippen MR) is 103 cm³/mol. The Hall–Kier alpha value is -2.78. The summed E-state index contributed by atoms with van der Waals surface area (Å²) in [5.41, 5.74) is 0.623. The summed E-state index contributed by atoms with van der Waals surface area (Å²) in [6.45, 7) is 3.35. The van der Waals surface area contributed by atoms with Crippen LogP contribution in [0.5, 0.6) is 0 Å². The van der Waals surface area contributed by atoms with E-state index in [4.69, 9.17) is 14.6 Å². The first kappa shape index (κ1) is 21.5. The lowest BCUT2D eigenvalue weighted by atomic mass is 9.86. The van der Waals surface area contributed by atoms with Crippen LogP contribution in [0.4, 0.5) is 0 Å². The second-order valence-corrected chi connectivity index (χ2v) is 6.49. The van der Waals surface area contributed by atoms with E-state index in [0.717, 1.165) is 32.5 Å². The van der Waals surface area contributed by atoms with E-state index in [1.54, 1.807) is 25.8 Å². The van der Waals surface area contributed by atoms with E-state index < -0.39 is 5.54 Å². The van der Waals surface area contributed by atoms with Crippen LogP contribution in [-0.4, -0.2) is 70.3 Å². The van der Waals surface area contributed by atoms with Gasteiger partial charge in [-0.2, -0.15) is 0 Å². The Morgan fingerprint density at radius 1 is 1.36 bits per heavy atom. The van der Waals surface area contributed by atoms with Crippen molar-refractivity contribution in [2.45, 2.75) is 24.9 Å². The smallest absolute Gasteiger partial charge is 0.290 e. The molecule has 0 spiro atoms. The molecule has 2 N–H and O–H groups in total. The molecule has 152 valence electrons. The molecule has 28 heavy (non-hydrogen) atoms. The summed E-state index contributed by atoms with van der Waals surface area (Å²) in [6, 6.07) is 4.04. The van der Waals surface area contributed by atoms with Gasteiger partial charge in [0.25, 0.3) is 6.47 Å². The van der Waals surface area contributed by atoms with E-state index in [-0.39, 0.29) is 12.4 Å². The third-order valence-electron chi connectivity index (χ3n) is 4.83. The highest BCUT2D eigenvalue weighted by Gasteiger charge is 2.42. The molecule has 3 heterocycles. The first-order valence-electron chi connectivity index (χ1n) is 9.11. The van der Waals surface area contributed by atoms with E-state index >= 15 is 0 Å². The summed E-state index contributed by atoms with van der Waals surface area (Å²) >= 11 is 0. The van der Waals surface area contributed by atoms with Crippen LogP contribution in [0.3, 0.4) is 0 Å². The molecule has 9 heteroatoms. The monoisotopic (exact) mass is 389 g/mol. The lowest BCUT2D eigenvalue weighted by Gasteiger charge is -2.41. The van der Waals surface area contributed by atoms with E-state index in [1.807, 2.05) is 23.0 Å². The largest absolute Gasteiger partial charge is 0.483 e. The predicted octanol–water partition coefficient (Wildman–Crippen LogP) is 0.733. The Morgan fingerprint density at radius 3 is 2.68 bits per heavy atom. The number of hydrogen-bond acceptors (Lipinski definition) is 6. The minimum Gasteiger partial charge on any atom is -0.483 e. The second-order valence-electron chi connectivity index (χ2n) is 6.49. The molecule has 9 nitrogen and oxygen atoms in total. The Bertz CT molecular complexity index is 700. The molecule has 0 bridgehead atoms. The van der Waals surface area contributed by atoms with Gasteiger partial charge in [-0.25, -0.2) is 4.98 Å². The molecule has 0 unspecified atom stereocenters. The zero-order chi connectivity index (χ0) is 20.2. The van der Waals surface area contributed by atoms with Gasteiger partial charge in [0.2, 0.25) is 5.91 Å². The van der Waals surface area contributed by atoms with Gasteiger partial charge in [-0.3, -0.25) is 19.5 Å². The van der Waals surface area contributed by atoms with Gasteiger partial charge in [-0.05, 0) is 24.5 Å². The minimum absolute atomic E-state index is 0.0450. The number of methoxy groups -OCH3 is 1. The lowest BCUT2D eigenvalue weighted by molar-refractivity contribution is -0.133. The minimum atomic E-state index is -0.574. The number of rotatable bonds is 7. The van der Waals surface area contributed by atoms with Crippen LogP contribution in [-0.2, 0) is 26.4 Å². The number of nitrogens with zero attached hydrogens (tertiary/aromatic N) is 4. The van der Waals surface area contributed by atoms with Crippen LogP contribution in [0.25, 0.3) is 0 Å². The van der Waals surface area contributed by atoms with Crippen molar-refractivity contribution in [3.05, 3.63) is 48.8 Å². The molecule has 1 saturated heterocycles. The van der Waals surface area contributed by atoms with Gasteiger partial charge in [0.05, 0.1) is 12.9 Å². The molecule has 3 rings (SSSR count). The average molecular weight is 389 g/mol. The first-order chi connectivity index (χ1) is 13.7. The van der Waals surface area contributed by atoms with Crippen molar-refractivity contribution < 1.29 is 19.4 Å². The number of piperidine rings is 1. The van der Waals surface area contributed by atoms with Crippen LogP contribution >= 0.6 is 0 Å². The van der Waals surface area contributed by atoms with Crippen LogP contribution in [0.15, 0.2) is 43.2 Å². The Morgan fingerprint density at radius 2 is 2.11 bits per heavy atom. The Kier molecular flexibility index (Phi) is 8.57. The van der Waals surface area contributed by atoms with Gasteiger partial charge in [0, 0.05) is 58.1 Å². The van der Waals surface area contributed by atoms with Gasteiger partial charge in [-0.1, -0.05) is 6.07 Å². The maximum Gasteiger partial charge on any atom is 0.290 e. The summed E-state index contributed by atoms with van der Waals surface area (Å²) < 4.78 is 6.99. The van der Waals surface area contributed by atoms with Gasteiger partial charge < -0.3 is 19.7 Å². The zero-order valence-electron chi connectivity index (χ0n) is 16.0. The fourth-order valence-electron chi connectivity index (χ4n) is 3.38. The molecule has 0 aromatic carbocycles. The van der Waals surface area contributed by atoms with Gasteiger partial charge >= 0.3 is 0 Å². The van der Waals surface area contributed by atoms with E-state index in [1.165, 1.54) is 5.56 Å². The highest BCUT2D eigenvalue weighted by molar-refractivity contribution is 5.84. The lowest BCUT2D eigenvalue weighted by Crippen LogP contribution is -2.55. The van der Waals surface area contributed by atoms with Crippen molar-refractivity contribution in [1.82, 2.24) is 24.8 Å². The summed E-state index contributed by atoms with van der Waals surface area (Å²) in [6.07, 6.45) is 10.5. The molecule has 1 aliphatic rings. The van der Waals surface area contributed by atoms with E-state index in [9.17, 15) is 4.79 Å². The second kappa shape index (κ2) is 11.2. The van der Waals surface area contributed by atoms with Crippen LogP contribution in [0.2, 0.25) is 0 Å². The molecule has 2 aromatic rings. The average Bonchev–Trinajstić information content (AvgIpc) is 3.26. The van der Waals surface area contributed by atoms with Crippen LogP contribution in [0.1, 0.15) is 18.4 Å². The Balaban J connectivity index is 0.000000878. The number of ether oxygens (including phenoxy) is 1. The Labute approximate surface area is 164 Å². The number of pyridine rings is 1. The van der Waals surface area contributed by atoms with Crippen molar-refractivity contribution >= 4 is 12.4 Å². The highest BCUT2D eigenvalue weighted by atomic mass is 16.5. The quantitative estimate of drug-likeness (QED) is 0.531. The molecule has 0 saturated carbocycles. The topological polar surface area (TPSA) is 110 Å². The van der Waals surface area contributed by atoms with Gasteiger partial charge in [-0.15, -0.1) is 0 Å². The molecule has 1 aliphatic heterocycles. The number of likely N-dealkylation sites (tertiary alicyclic amines) is 1. The normalized spacial score (nSPS) is 15.9. The molecular weight excluding hydrogens is 362 g/mol. The standard InChI is InChI=1S/C18H25N5O2.CH2O2/c1-25-12-8-21-17(24)18(23-11-7-20-15-23)4-9-22(10-5-18)14-16-3-2-6-19-13-16;2-1-3/h2-3,6-7,11,13,15H,4-5,8-10,12,14H2,1H3,(H,21,24);1H,(H,2,3). The zero-order valence-corrected chi connectivity index (χ0v) is 16.0. The molecular formula is C19H27N5O4. The van der Waals surface area contributed by atoms with Crippen molar-refractivity contribution in [2.24, 2.45) is 0 Å². The summed E-state index contributed by atoms with van der Waals surface area (Å²) in [7, 11) is 1.63. The molecule has 1 fully saturated rings. The van der Waals surface area contributed by atoms with E-state index in [2.05, 4.69) is 26.3 Å². The number of carbonyl (C=O) groups excluding carboxylic acids is 1. The fourth-order valence-corrected chi connectivity index (χ4v) is 3.38. The summed E-state index contributed by atoms with van der Waals surface area (Å²) in [4.78, 5) is 32.0. The van der Waals surface area contributed by atoms with Crippen LogP contribution < -0.4 is 5.32 Å². The maximum atomic E-state index is 12.9. The third kappa shape index (κ3) is 5.61. The van der Waals surface area contributed by atoms with E-state index in [0.29, 0.717) is 13.2 Å². The summed E-state index contributed by atoms with van der Waals surface area (Å²) in [5.74, 6) is 0.0450. The number of hydrogen-bond donors (Lipinski definition) is 2. The van der Waals surface area contributed by atoms with Crippen molar-refractivity contribution in [2.75, 3.05) is 33.4 Å². The van der Waals surface area contributed by atoms with Crippen molar-refractivity contribution in [3.8, 4) is 0 Å². The molecule has 0 aliphatic carbocycles. The molecule has 1 amide bonds. The first-order valence-corrected chi connectivity index (χ1v) is 9.11. The number of imidazole rings is 1. The van der Waals surface area contributed by atoms with Crippen molar-refractivity contribution in [3.63, 3.8) is 0 Å². The number of carbonyl (C=O) groups is 2. The van der Waals surface area contributed by atoms with Gasteiger partial charge in [0.1, 0.15) is 5.54 Å².